The lowest BCUT2D eigenvalue weighted by Crippen LogP contribution is -2.66. The molecule has 2 bridgehead atoms. The Balaban J connectivity index is 1.73. The number of phenols is 1. The van der Waals surface area contributed by atoms with Crippen LogP contribution in [0.15, 0.2) is 18.2 Å². The van der Waals surface area contributed by atoms with E-state index in [1.807, 2.05) is 11.0 Å². The van der Waals surface area contributed by atoms with Crippen molar-refractivity contribution in [3.63, 3.8) is 0 Å². The van der Waals surface area contributed by atoms with E-state index in [9.17, 15) is 15.0 Å². The minimum absolute atomic E-state index is 0.0375. The van der Waals surface area contributed by atoms with Gasteiger partial charge in [-0.05, 0) is 41.9 Å². The van der Waals surface area contributed by atoms with Crippen LogP contribution in [0.2, 0.25) is 0 Å². The highest BCUT2D eigenvalue weighted by atomic mass is 16.3. The highest BCUT2D eigenvalue weighted by Crippen LogP contribution is 2.57. The summed E-state index contributed by atoms with van der Waals surface area (Å²) in [4.78, 5) is 16.9. The standard InChI is InChI=1S/C20H28N2O3/c1-19(2)17-11-14-15(5-4-6-16(14)24)20(19,3)8-10-22(17)18(25)21-9-7-13(23)12-21/h4-6,13,17,23-24H,7-12H2,1-3H3/t13?,17-,20+/m1/s1. The molecule has 1 aromatic carbocycles. The number of fused-ring (bicyclic) bond motifs is 4. The van der Waals surface area contributed by atoms with Crippen molar-refractivity contribution in [1.29, 1.82) is 0 Å². The van der Waals surface area contributed by atoms with Crippen LogP contribution in [-0.4, -0.2) is 57.8 Å². The van der Waals surface area contributed by atoms with Crippen LogP contribution < -0.4 is 0 Å². The van der Waals surface area contributed by atoms with E-state index >= 15 is 0 Å². The Morgan fingerprint density at radius 2 is 2.00 bits per heavy atom. The van der Waals surface area contributed by atoms with Crippen LogP contribution >= 0.6 is 0 Å². The molecule has 0 radical (unpaired) electrons. The Labute approximate surface area is 149 Å². The molecule has 2 N–H and O–H groups in total. The van der Waals surface area contributed by atoms with Gasteiger partial charge in [-0.1, -0.05) is 32.9 Å². The zero-order valence-electron chi connectivity index (χ0n) is 15.3. The number of amides is 2. The summed E-state index contributed by atoms with van der Waals surface area (Å²) in [5.74, 6) is 0.343. The fourth-order valence-corrected chi connectivity index (χ4v) is 5.25. The van der Waals surface area contributed by atoms with Crippen molar-refractivity contribution >= 4 is 6.03 Å². The monoisotopic (exact) mass is 344 g/mol. The Hall–Kier alpha value is -1.75. The van der Waals surface area contributed by atoms with E-state index in [0.717, 1.165) is 18.5 Å². The lowest BCUT2D eigenvalue weighted by Gasteiger charge is -2.61. The normalized spacial score (nSPS) is 33.3. The summed E-state index contributed by atoms with van der Waals surface area (Å²) in [5, 5.41) is 20.2. The molecule has 0 aromatic heterocycles. The number of piperidine rings is 1. The number of urea groups is 1. The molecule has 136 valence electrons. The van der Waals surface area contributed by atoms with Crippen LogP contribution in [0.3, 0.4) is 0 Å². The maximum atomic E-state index is 13.1. The summed E-state index contributed by atoms with van der Waals surface area (Å²) in [5.41, 5.74) is 2.08. The first-order chi connectivity index (χ1) is 11.8. The van der Waals surface area contributed by atoms with Crippen LogP contribution in [0.5, 0.6) is 5.75 Å². The molecule has 1 unspecified atom stereocenters. The average Bonchev–Trinajstić information content (AvgIpc) is 2.98. The zero-order valence-corrected chi connectivity index (χ0v) is 15.3. The summed E-state index contributed by atoms with van der Waals surface area (Å²) in [7, 11) is 0. The van der Waals surface area contributed by atoms with Crippen molar-refractivity contribution in [1.82, 2.24) is 9.80 Å². The molecule has 2 amide bonds. The topological polar surface area (TPSA) is 64.0 Å². The molecule has 1 aromatic rings. The number of aliphatic hydroxyl groups excluding tert-OH is 1. The Morgan fingerprint density at radius 1 is 1.24 bits per heavy atom. The number of carbonyl (C=O) groups excluding carboxylic acids is 1. The summed E-state index contributed by atoms with van der Waals surface area (Å²) in [6, 6.07) is 5.91. The largest absolute Gasteiger partial charge is 0.508 e. The number of aromatic hydroxyl groups is 1. The number of carbonyl (C=O) groups is 1. The van der Waals surface area contributed by atoms with Gasteiger partial charge in [-0.15, -0.1) is 0 Å². The van der Waals surface area contributed by atoms with Gasteiger partial charge in [0.25, 0.3) is 0 Å². The predicted octanol–water partition coefficient (Wildman–Crippen LogP) is 2.49. The zero-order chi connectivity index (χ0) is 18.0. The van der Waals surface area contributed by atoms with E-state index in [1.165, 1.54) is 5.56 Å². The molecular weight excluding hydrogens is 316 g/mol. The molecule has 0 saturated carbocycles. The molecule has 2 fully saturated rings. The lowest BCUT2D eigenvalue weighted by molar-refractivity contribution is -0.0231. The number of β-amino-alcohol motifs (C(OH)–C–C–N with tert-alkyl or cyclic N) is 1. The smallest absolute Gasteiger partial charge is 0.320 e. The second kappa shape index (κ2) is 5.37. The summed E-state index contributed by atoms with van der Waals surface area (Å²) >= 11 is 0. The van der Waals surface area contributed by atoms with Gasteiger partial charge in [0.15, 0.2) is 0 Å². The van der Waals surface area contributed by atoms with E-state index in [1.54, 1.807) is 11.0 Å². The number of rotatable bonds is 0. The number of phenolic OH excluding ortho intramolecular Hbond substituents is 1. The minimum Gasteiger partial charge on any atom is -0.508 e. The molecule has 2 aliphatic heterocycles. The molecule has 5 heteroatoms. The van der Waals surface area contributed by atoms with Crippen LogP contribution in [0.4, 0.5) is 4.79 Å². The van der Waals surface area contributed by atoms with Crippen molar-refractivity contribution in [3.8, 4) is 5.75 Å². The Bertz CT molecular complexity index is 717. The van der Waals surface area contributed by atoms with Gasteiger partial charge in [-0.2, -0.15) is 0 Å². The van der Waals surface area contributed by atoms with E-state index in [-0.39, 0.29) is 22.9 Å². The van der Waals surface area contributed by atoms with Gasteiger partial charge in [-0.3, -0.25) is 0 Å². The van der Waals surface area contributed by atoms with Gasteiger partial charge < -0.3 is 20.0 Å². The fourth-order valence-electron chi connectivity index (χ4n) is 5.25. The molecule has 2 saturated heterocycles. The minimum atomic E-state index is -0.400. The van der Waals surface area contributed by atoms with Crippen molar-refractivity contribution in [3.05, 3.63) is 29.3 Å². The number of hydrogen-bond donors (Lipinski definition) is 2. The molecule has 4 rings (SSSR count). The third kappa shape index (κ3) is 2.21. The fraction of sp³-hybridized carbons (Fsp3) is 0.650. The Morgan fingerprint density at radius 3 is 2.68 bits per heavy atom. The van der Waals surface area contributed by atoms with Gasteiger partial charge in [0.2, 0.25) is 0 Å². The maximum absolute atomic E-state index is 13.1. The van der Waals surface area contributed by atoms with Crippen LogP contribution in [0.25, 0.3) is 0 Å². The van der Waals surface area contributed by atoms with E-state index < -0.39 is 6.10 Å². The number of likely N-dealkylation sites (tertiary alicyclic amines) is 2. The molecule has 5 nitrogen and oxygen atoms in total. The highest BCUT2D eigenvalue weighted by Gasteiger charge is 2.57. The first-order valence-corrected chi connectivity index (χ1v) is 9.30. The quantitative estimate of drug-likeness (QED) is 0.760. The van der Waals surface area contributed by atoms with Crippen molar-refractivity contribution in [2.45, 2.75) is 57.6 Å². The molecular formula is C20H28N2O3. The first kappa shape index (κ1) is 16.7. The van der Waals surface area contributed by atoms with Gasteiger partial charge in [0.1, 0.15) is 5.75 Å². The summed E-state index contributed by atoms with van der Waals surface area (Å²) in [6.07, 6.45) is 1.83. The maximum Gasteiger partial charge on any atom is 0.320 e. The van der Waals surface area contributed by atoms with Crippen molar-refractivity contribution < 1.29 is 15.0 Å². The first-order valence-electron chi connectivity index (χ1n) is 9.30. The summed E-state index contributed by atoms with van der Waals surface area (Å²) in [6.45, 7) is 8.57. The van der Waals surface area contributed by atoms with Gasteiger partial charge in [-0.25, -0.2) is 4.79 Å². The van der Waals surface area contributed by atoms with Gasteiger partial charge in [0.05, 0.1) is 6.10 Å². The second-order valence-corrected chi connectivity index (χ2v) is 8.69. The van der Waals surface area contributed by atoms with Gasteiger partial charge in [0, 0.05) is 31.1 Å². The molecule has 3 aliphatic rings. The molecule has 25 heavy (non-hydrogen) atoms. The predicted molar refractivity (Wildman–Crippen MR) is 95.6 cm³/mol. The van der Waals surface area contributed by atoms with E-state index in [2.05, 4.69) is 26.8 Å². The van der Waals surface area contributed by atoms with E-state index in [0.29, 0.717) is 31.7 Å². The molecule has 2 heterocycles. The summed E-state index contributed by atoms with van der Waals surface area (Å²) < 4.78 is 0. The van der Waals surface area contributed by atoms with Gasteiger partial charge >= 0.3 is 6.03 Å². The highest BCUT2D eigenvalue weighted by molar-refractivity contribution is 5.76. The number of nitrogens with zero attached hydrogens (tertiary/aromatic N) is 2. The Kier molecular flexibility index (Phi) is 3.59. The van der Waals surface area contributed by atoms with Crippen molar-refractivity contribution in [2.75, 3.05) is 19.6 Å². The van der Waals surface area contributed by atoms with Crippen molar-refractivity contribution in [2.24, 2.45) is 5.41 Å². The molecule has 3 atom stereocenters. The SMILES string of the molecule is CC1(C)[C@H]2Cc3c(O)cccc3[C@]1(C)CCN2C(=O)N1CCC(O)C1. The number of aliphatic hydroxyl groups is 1. The third-order valence-electron chi connectivity index (χ3n) is 7.31. The third-order valence-corrected chi connectivity index (χ3v) is 7.31. The van der Waals surface area contributed by atoms with Crippen LogP contribution in [0, 0.1) is 5.41 Å². The molecule has 1 aliphatic carbocycles. The molecule has 0 spiro atoms. The number of hydrogen-bond acceptors (Lipinski definition) is 3. The average molecular weight is 344 g/mol. The number of benzene rings is 1. The second-order valence-electron chi connectivity index (χ2n) is 8.69. The lowest BCUT2D eigenvalue weighted by atomic mass is 9.51. The van der Waals surface area contributed by atoms with Crippen LogP contribution in [-0.2, 0) is 11.8 Å². The van der Waals surface area contributed by atoms with Crippen LogP contribution in [0.1, 0.15) is 44.7 Å². The van der Waals surface area contributed by atoms with E-state index in [4.69, 9.17) is 0 Å².